The summed E-state index contributed by atoms with van der Waals surface area (Å²) in [5.74, 6) is 0.878. The molecule has 3 aliphatic rings. The van der Waals surface area contributed by atoms with Crippen molar-refractivity contribution in [1.82, 2.24) is 4.90 Å². The molecule has 0 bridgehead atoms. The molecule has 1 aromatic rings. The zero-order chi connectivity index (χ0) is 16.2. The van der Waals surface area contributed by atoms with Crippen LogP contribution in [0, 0.1) is 16.7 Å². The second-order valence-corrected chi connectivity index (χ2v) is 8.16. The molecule has 0 spiro atoms. The highest BCUT2D eigenvalue weighted by Crippen LogP contribution is 2.64. The average Bonchev–Trinajstić information content (AvgIpc) is 2.98. The summed E-state index contributed by atoms with van der Waals surface area (Å²) in [5.41, 5.74) is 1.07. The van der Waals surface area contributed by atoms with E-state index in [0.29, 0.717) is 18.4 Å². The minimum Gasteiger partial charge on any atom is -0.352 e. The number of benzene rings is 1. The largest absolute Gasteiger partial charge is 0.352 e. The highest BCUT2D eigenvalue weighted by atomic mass is 16.5. The molecule has 1 aliphatic carbocycles. The molecule has 4 rings (SSSR count). The Bertz CT molecular complexity index is 607. The summed E-state index contributed by atoms with van der Waals surface area (Å²) in [7, 11) is 0. The number of fused-ring (bicyclic) bond motifs is 1. The molecule has 124 valence electrons. The maximum Gasteiger partial charge on any atom is 0.231 e. The zero-order valence-electron chi connectivity index (χ0n) is 14.4. The molecule has 0 radical (unpaired) electrons. The van der Waals surface area contributed by atoms with Crippen LogP contribution >= 0.6 is 0 Å². The second-order valence-electron chi connectivity index (χ2n) is 8.16. The normalized spacial score (nSPS) is 35.5. The standard InChI is InChI=1S/C20H27NO2/c1-14(2)20(10-7-11-20)19(3)12-16-13-23-17(21(16)18(19)22)15-8-5-4-6-9-15/h4-6,8-9,14,16-17H,7,10-13H2,1-3H3/t16?,17-,19-/m1/s1. The summed E-state index contributed by atoms with van der Waals surface area (Å²) < 4.78 is 6.00. The molecular formula is C20H27NO2. The molecule has 3 heteroatoms. The van der Waals surface area contributed by atoms with E-state index in [9.17, 15) is 4.79 Å². The number of carbonyl (C=O) groups excluding carboxylic acids is 1. The van der Waals surface area contributed by atoms with Crippen molar-refractivity contribution in [2.45, 2.75) is 58.7 Å². The molecular weight excluding hydrogens is 286 g/mol. The Hall–Kier alpha value is -1.35. The summed E-state index contributed by atoms with van der Waals surface area (Å²) >= 11 is 0. The number of ether oxygens (including phenoxy) is 1. The highest BCUT2D eigenvalue weighted by molar-refractivity contribution is 5.87. The lowest BCUT2D eigenvalue weighted by Crippen LogP contribution is -2.53. The molecule has 0 N–H and O–H groups in total. The molecule has 3 atom stereocenters. The molecule has 1 saturated carbocycles. The van der Waals surface area contributed by atoms with Crippen molar-refractivity contribution in [3.63, 3.8) is 0 Å². The van der Waals surface area contributed by atoms with Gasteiger partial charge in [0.25, 0.3) is 0 Å². The third-order valence-electron chi connectivity index (χ3n) is 6.98. The van der Waals surface area contributed by atoms with Crippen LogP contribution in [0.5, 0.6) is 0 Å². The third kappa shape index (κ3) is 1.89. The number of hydrogen-bond donors (Lipinski definition) is 0. The fourth-order valence-electron chi connectivity index (χ4n) is 5.44. The van der Waals surface area contributed by atoms with E-state index < -0.39 is 0 Å². The van der Waals surface area contributed by atoms with Crippen molar-refractivity contribution in [3.8, 4) is 0 Å². The first-order valence-electron chi connectivity index (χ1n) is 8.99. The van der Waals surface area contributed by atoms with Crippen LogP contribution in [-0.4, -0.2) is 23.5 Å². The van der Waals surface area contributed by atoms with Gasteiger partial charge in [-0.2, -0.15) is 0 Å². The van der Waals surface area contributed by atoms with Gasteiger partial charge >= 0.3 is 0 Å². The van der Waals surface area contributed by atoms with Crippen molar-refractivity contribution in [2.75, 3.05) is 6.61 Å². The summed E-state index contributed by atoms with van der Waals surface area (Å²) in [6.07, 6.45) is 4.42. The van der Waals surface area contributed by atoms with Gasteiger partial charge in [0.15, 0.2) is 6.23 Å². The molecule has 2 saturated heterocycles. The molecule has 2 aliphatic heterocycles. The Morgan fingerprint density at radius 1 is 1.22 bits per heavy atom. The van der Waals surface area contributed by atoms with Crippen molar-refractivity contribution >= 4 is 5.91 Å². The van der Waals surface area contributed by atoms with E-state index >= 15 is 0 Å². The van der Waals surface area contributed by atoms with Crippen LogP contribution in [0.25, 0.3) is 0 Å². The monoisotopic (exact) mass is 313 g/mol. The predicted molar refractivity (Wildman–Crippen MR) is 89.6 cm³/mol. The van der Waals surface area contributed by atoms with Crippen LogP contribution in [0.4, 0.5) is 0 Å². The van der Waals surface area contributed by atoms with E-state index in [1.165, 1.54) is 19.3 Å². The first kappa shape index (κ1) is 15.2. The first-order valence-corrected chi connectivity index (χ1v) is 8.99. The Morgan fingerprint density at radius 2 is 1.91 bits per heavy atom. The Kier molecular flexibility index (Phi) is 3.35. The highest BCUT2D eigenvalue weighted by Gasteiger charge is 2.65. The maximum absolute atomic E-state index is 13.5. The van der Waals surface area contributed by atoms with Crippen molar-refractivity contribution < 1.29 is 9.53 Å². The van der Waals surface area contributed by atoms with Gasteiger partial charge in [-0.25, -0.2) is 0 Å². The molecule has 3 fully saturated rings. The van der Waals surface area contributed by atoms with E-state index in [0.717, 1.165) is 12.0 Å². The summed E-state index contributed by atoms with van der Waals surface area (Å²) in [6.45, 7) is 7.50. The van der Waals surface area contributed by atoms with Gasteiger partial charge in [-0.15, -0.1) is 0 Å². The number of amides is 1. The Labute approximate surface area is 139 Å². The van der Waals surface area contributed by atoms with Crippen LogP contribution in [0.15, 0.2) is 30.3 Å². The van der Waals surface area contributed by atoms with Gasteiger partial charge < -0.3 is 9.64 Å². The van der Waals surface area contributed by atoms with Crippen molar-refractivity contribution in [2.24, 2.45) is 16.7 Å². The van der Waals surface area contributed by atoms with Crippen LogP contribution < -0.4 is 0 Å². The van der Waals surface area contributed by atoms with E-state index in [1.807, 2.05) is 18.2 Å². The van der Waals surface area contributed by atoms with Gasteiger partial charge in [0.2, 0.25) is 5.91 Å². The molecule has 2 heterocycles. The lowest BCUT2D eigenvalue weighted by atomic mass is 9.48. The molecule has 1 aromatic carbocycles. The summed E-state index contributed by atoms with van der Waals surface area (Å²) in [6, 6.07) is 10.4. The van der Waals surface area contributed by atoms with E-state index in [1.54, 1.807) is 0 Å². The molecule has 23 heavy (non-hydrogen) atoms. The predicted octanol–water partition coefficient (Wildman–Crippen LogP) is 4.15. The fraction of sp³-hybridized carbons (Fsp3) is 0.650. The maximum atomic E-state index is 13.5. The number of carbonyl (C=O) groups is 1. The Balaban J connectivity index is 1.68. The van der Waals surface area contributed by atoms with Crippen LogP contribution in [-0.2, 0) is 9.53 Å². The van der Waals surface area contributed by atoms with Gasteiger partial charge in [0.05, 0.1) is 18.1 Å². The molecule has 1 amide bonds. The molecule has 3 nitrogen and oxygen atoms in total. The molecule has 1 unspecified atom stereocenters. The van der Waals surface area contributed by atoms with Crippen molar-refractivity contribution in [3.05, 3.63) is 35.9 Å². The van der Waals surface area contributed by atoms with E-state index in [2.05, 4.69) is 37.8 Å². The third-order valence-corrected chi connectivity index (χ3v) is 6.98. The average molecular weight is 313 g/mol. The van der Waals surface area contributed by atoms with Gasteiger partial charge in [0.1, 0.15) is 0 Å². The minimum absolute atomic E-state index is 0.190. The summed E-state index contributed by atoms with van der Waals surface area (Å²) in [5, 5.41) is 0. The Morgan fingerprint density at radius 3 is 2.48 bits per heavy atom. The smallest absolute Gasteiger partial charge is 0.231 e. The molecule has 0 aromatic heterocycles. The van der Waals surface area contributed by atoms with Gasteiger partial charge in [0, 0.05) is 5.56 Å². The SMILES string of the molecule is CC(C)C1([C@]2(C)CC3CO[C@H](c4ccccc4)N3C2=O)CCC1. The van der Waals surface area contributed by atoms with E-state index in [-0.39, 0.29) is 23.1 Å². The van der Waals surface area contributed by atoms with Crippen LogP contribution in [0.2, 0.25) is 0 Å². The topological polar surface area (TPSA) is 29.5 Å². The second kappa shape index (κ2) is 5.07. The lowest BCUT2D eigenvalue weighted by molar-refractivity contribution is -0.158. The van der Waals surface area contributed by atoms with Gasteiger partial charge in [-0.3, -0.25) is 4.79 Å². The minimum atomic E-state index is -0.221. The van der Waals surface area contributed by atoms with Crippen molar-refractivity contribution in [1.29, 1.82) is 0 Å². The number of nitrogens with zero attached hydrogens (tertiary/aromatic N) is 1. The summed E-state index contributed by atoms with van der Waals surface area (Å²) in [4.78, 5) is 15.5. The quantitative estimate of drug-likeness (QED) is 0.839. The van der Waals surface area contributed by atoms with Gasteiger partial charge in [-0.05, 0) is 30.6 Å². The van der Waals surface area contributed by atoms with E-state index in [4.69, 9.17) is 4.74 Å². The number of hydrogen-bond acceptors (Lipinski definition) is 2. The fourth-order valence-corrected chi connectivity index (χ4v) is 5.44. The van der Waals surface area contributed by atoms with Crippen LogP contribution in [0.3, 0.4) is 0 Å². The zero-order valence-corrected chi connectivity index (χ0v) is 14.4. The van der Waals surface area contributed by atoms with Gasteiger partial charge in [-0.1, -0.05) is 57.5 Å². The lowest BCUT2D eigenvalue weighted by Gasteiger charge is -2.55. The number of rotatable bonds is 3. The first-order chi connectivity index (χ1) is 11.0. The van der Waals surface area contributed by atoms with Crippen LogP contribution in [0.1, 0.15) is 58.2 Å².